The molecular weight excluding hydrogens is 448 g/mol. The number of aryl methyl sites for hydroxylation is 2. The van der Waals surface area contributed by atoms with Crippen LogP contribution in [0.3, 0.4) is 0 Å². The molecule has 0 fully saturated rings. The van der Waals surface area contributed by atoms with Gasteiger partial charge in [0.15, 0.2) is 0 Å². The van der Waals surface area contributed by atoms with Crippen molar-refractivity contribution >= 4 is 20.2 Å². The molecule has 0 unspecified atom stereocenters. The van der Waals surface area contributed by atoms with E-state index in [1.54, 1.807) is 24.3 Å². The molecule has 0 aliphatic rings. The van der Waals surface area contributed by atoms with Crippen molar-refractivity contribution in [2.75, 3.05) is 13.2 Å². The fourth-order valence-corrected chi connectivity index (χ4v) is 4.30. The molecule has 2 aromatic carbocycles. The summed E-state index contributed by atoms with van der Waals surface area (Å²) in [6, 6.07) is 12.9. The zero-order valence-electron chi connectivity index (χ0n) is 18.1. The molecule has 170 valence electrons. The Hall–Kier alpha value is -2.62. The summed E-state index contributed by atoms with van der Waals surface area (Å²) >= 11 is 0. The molecular formula is C24H26O6S2. The highest BCUT2D eigenvalue weighted by Gasteiger charge is 2.14. The van der Waals surface area contributed by atoms with Gasteiger partial charge in [-0.25, -0.2) is 0 Å². The maximum Gasteiger partial charge on any atom is 0.296 e. The number of rotatable bonds is 10. The van der Waals surface area contributed by atoms with E-state index in [0.717, 1.165) is 11.1 Å². The lowest BCUT2D eigenvalue weighted by Crippen LogP contribution is -2.07. The number of benzene rings is 2. The normalized spacial score (nSPS) is 11.2. The number of unbranched alkanes of at least 4 members (excludes halogenated alkanes) is 2. The summed E-state index contributed by atoms with van der Waals surface area (Å²) in [5, 5.41) is 0. The first kappa shape index (κ1) is 25.6. The van der Waals surface area contributed by atoms with Crippen LogP contribution in [-0.4, -0.2) is 30.0 Å². The van der Waals surface area contributed by atoms with Crippen molar-refractivity contribution < 1.29 is 25.2 Å². The molecule has 2 rings (SSSR count). The van der Waals surface area contributed by atoms with E-state index in [0.29, 0.717) is 25.7 Å². The Labute approximate surface area is 191 Å². The molecule has 0 spiro atoms. The Kier molecular flexibility index (Phi) is 9.96. The second kappa shape index (κ2) is 12.4. The van der Waals surface area contributed by atoms with Crippen LogP contribution in [0, 0.1) is 37.5 Å². The van der Waals surface area contributed by atoms with Crippen LogP contribution in [0.25, 0.3) is 0 Å². The van der Waals surface area contributed by atoms with Gasteiger partial charge in [-0.2, -0.15) is 16.8 Å². The Bertz CT molecular complexity index is 1110. The first-order valence-electron chi connectivity index (χ1n) is 10.1. The summed E-state index contributed by atoms with van der Waals surface area (Å²) in [6.45, 7) is 3.85. The van der Waals surface area contributed by atoms with E-state index >= 15 is 0 Å². The van der Waals surface area contributed by atoms with Crippen molar-refractivity contribution in [3.63, 3.8) is 0 Å². The largest absolute Gasteiger partial charge is 0.296 e. The summed E-state index contributed by atoms with van der Waals surface area (Å²) in [5.41, 5.74) is 1.94. The molecule has 0 saturated carbocycles. The van der Waals surface area contributed by atoms with Crippen LogP contribution in [0.1, 0.15) is 36.8 Å². The zero-order valence-corrected chi connectivity index (χ0v) is 19.8. The molecule has 8 heteroatoms. The summed E-state index contributed by atoms with van der Waals surface area (Å²) < 4.78 is 58.1. The lowest BCUT2D eigenvalue weighted by molar-refractivity contribution is 0.313. The summed E-state index contributed by atoms with van der Waals surface area (Å²) in [7, 11) is -7.50. The minimum Gasteiger partial charge on any atom is -0.266 e. The molecule has 0 atom stereocenters. The van der Waals surface area contributed by atoms with Crippen LogP contribution < -0.4 is 0 Å². The van der Waals surface area contributed by atoms with Crippen LogP contribution in [-0.2, 0) is 28.6 Å². The van der Waals surface area contributed by atoms with Crippen molar-refractivity contribution in [1.82, 2.24) is 0 Å². The topological polar surface area (TPSA) is 86.7 Å². The molecule has 0 N–H and O–H groups in total. The van der Waals surface area contributed by atoms with Crippen molar-refractivity contribution in [3.8, 4) is 23.7 Å². The van der Waals surface area contributed by atoms with Gasteiger partial charge in [0.25, 0.3) is 20.2 Å². The van der Waals surface area contributed by atoms with Gasteiger partial charge in [0.1, 0.15) is 0 Å². The first-order chi connectivity index (χ1) is 15.2. The second-order valence-electron chi connectivity index (χ2n) is 6.99. The van der Waals surface area contributed by atoms with Crippen molar-refractivity contribution in [3.05, 3.63) is 59.7 Å². The van der Waals surface area contributed by atoms with Crippen LogP contribution in [0.15, 0.2) is 58.3 Å². The zero-order chi connectivity index (χ0) is 23.5. The van der Waals surface area contributed by atoms with Gasteiger partial charge in [-0.3, -0.25) is 8.37 Å². The first-order valence-corrected chi connectivity index (χ1v) is 12.9. The summed E-state index contributed by atoms with van der Waals surface area (Å²) in [6.07, 6.45) is 1.83. The molecule has 0 heterocycles. The van der Waals surface area contributed by atoms with Crippen LogP contribution in [0.2, 0.25) is 0 Å². The molecule has 0 bridgehead atoms. The average molecular weight is 475 g/mol. The summed E-state index contributed by atoms with van der Waals surface area (Å²) in [5.74, 6) is 11.0. The predicted molar refractivity (Wildman–Crippen MR) is 123 cm³/mol. The van der Waals surface area contributed by atoms with Gasteiger partial charge < -0.3 is 0 Å². The van der Waals surface area contributed by atoms with E-state index in [2.05, 4.69) is 23.7 Å². The van der Waals surface area contributed by atoms with Gasteiger partial charge in [-0.05, 0) is 62.8 Å². The lowest BCUT2D eigenvalue weighted by atomic mass is 10.2. The molecule has 32 heavy (non-hydrogen) atoms. The van der Waals surface area contributed by atoms with Gasteiger partial charge in [-0.1, -0.05) is 47.2 Å². The third-order valence-corrected chi connectivity index (χ3v) is 6.88. The minimum absolute atomic E-state index is 0.0467. The SMILES string of the molecule is Cc1ccc(S(=O)(=O)OCCCC#CC#CCCCOS(=O)(=O)c2ccc(C)cc2)cc1. The third-order valence-electron chi connectivity index (χ3n) is 4.23. The molecule has 6 nitrogen and oxygen atoms in total. The Morgan fingerprint density at radius 3 is 1.31 bits per heavy atom. The predicted octanol–water partition coefficient (Wildman–Crippen LogP) is 3.98. The Balaban J connectivity index is 1.61. The highest BCUT2D eigenvalue weighted by atomic mass is 32.2. The standard InChI is InChI=1S/C24H26O6S2/c1-21-11-15-23(16-12-21)31(25,26)29-19-9-7-5-3-4-6-8-10-20-30-32(27,28)24-17-13-22(2)14-18-24/h11-18H,7-10,19-20H2,1-2H3. The summed E-state index contributed by atoms with van der Waals surface area (Å²) in [4.78, 5) is 0.270. The molecule has 0 saturated heterocycles. The van der Waals surface area contributed by atoms with Crippen LogP contribution >= 0.6 is 0 Å². The Morgan fingerprint density at radius 2 is 0.969 bits per heavy atom. The van der Waals surface area contributed by atoms with Gasteiger partial charge in [0.2, 0.25) is 0 Å². The Morgan fingerprint density at radius 1 is 0.625 bits per heavy atom. The maximum atomic E-state index is 12.0. The number of hydrogen-bond donors (Lipinski definition) is 0. The van der Waals surface area contributed by atoms with E-state index < -0.39 is 20.2 Å². The highest BCUT2D eigenvalue weighted by Crippen LogP contribution is 2.14. The van der Waals surface area contributed by atoms with E-state index in [-0.39, 0.29) is 23.0 Å². The molecule has 0 aliphatic carbocycles. The van der Waals surface area contributed by atoms with E-state index in [1.165, 1.54) is 24.3 Å². The molecule has 0 radical (unpaired) electrons. The molecule has 0 aliphatic heterocycles. The maximum absolute atomic E-state index is 12.0. The van der Waals surface area contributed by atoms with Gasteiger partial charge in [0, 0.05) is 12.8 Å². The quantitative estimate of drug-likeness (QED) is 0.294. The van der Waals surface area contributed by atoms with Crippen LogP contribution in [0.5, 0.6) is 0 Å². The fraction of sp³-hybridized carbons (Fsp3) is 0.333. The monoisotopic (exact) mass is 474 g/mol. The van der Waals surface area contributed by atoms with E-state index in [4.69, 9.17) is 8.37 Å². The highest BCUT2D eigenvalue weighted by molar-refractivity contribution is 7.87. The van der Waals surface area contributed by atoms with Crippen LogP contribution in [0.4, 0.5) is 0 Å². The third kappa shape index (κ3) is 8.86. The van der Waals surface area contributed by atoms with Gasteiger partial charge >= 0.3 is 0 Å². The minimum atomic E-state index is -3.75. The van der Waals surface area contributed by atoms with Gasteiger partial charge in [0.05, 0.1) is 23.0 Å². The van der Waals surface area contributed by atoms with Crippen molar-refractivity contribution in [1.29, 1.82) is 0 Å². The molecule has 2 aromatic rings. The second-order valence-corrected chi connectivity index (χ2v) is 10.2. The average Bonchev–Trinajstić information content (AvgIpc) is 2.75. The van der Waals surface area contributed by atoms with Crippen molar-refractivity contribution in [2.24, 2.45) is 0 Å². The molecule has 0 aromatic heterocycles. The fourth-order valence-electron chi connectivity index (χ4n) is 2.42. The van der Waals surface area contributed by atoms with E-state index in [9.17, 15) is 16.8 Å². The van der Waals surface area contributed by atoms with Gasteiger partial charge in [-0.15, -0.1) is 0 Å². The number of hydrogen-bond acceptors (Lipinski definition) is 6. The smallest absolute Gasteiger partial charge is 0.266 e. The lowest BCUT2D eigenvalue weighted by Gasteiger charge is -2.04. The van der Waals surface area contributed by atoms with E-state index in [1.807, 2.05) is 13.8 Å². The molecule has 0 amide bonds. The van der Waals surface area contributed by atoms with Crippen molar-refractivity contribution in [2.45, 2.75) is 49.3 Å².